The van der Waals surface area contributed by atoms with Crippen LogP contribution in [0.3, 0.4) is 0 Å². The van der Waals surface area contributed by atoms with E-state index in [1.165, 1.54) is 6.07 Å². The van der Waals surface area contributed by atoms with Crippen molar-refractivity contribution >= 4 is 5.69 Å². The second-order valence-corrected chi connectivity index (χ2v) is 4.59. The summed E-state index contributed by atoms with van der Waals surface area (Å²) in [5, 5.41) is 3.17. The fourth-order valence-corrected chi connectivity index (χ4v) is 2.36. The first-order chi connectivity index (χ1) is 8.99. The van der Waals surface area contributed by atoms with Crippen molar-refractivity contribution in [3.05, 3.63) is 24.3 Å². The summed E-state index contributed by atoms with van der Waals surface area (Å²) in [6.45, 7) is 1.44. The number of anilines is 1. The van der Waals surface area contributed by atoms with Crippen molar-refractivity contribution in [2.45, 2.75) is 25.2 Å². The van der Waals surface area contributed by atoms with Crippen molar-refractivity contribution in [1.29, 1.82) is 0 Å². The Labute approximate surface area is 110 Å². The summed E-state index contributed by atoms with van der Waals surface area (Å²) in [5.41, 5.74) is 0.500. The minimum Gasteiger partial charge on any atom is -0.404 e. The molecule has 0 radical (unpaired) electrons. The molecule has 1 fully saturated rings. The highest BCUT2D eigenvalue weighted by Crippen LogP contribution is 2.33. The fourth-order valence-electron chi connectivity index (χ4n) is 2.36. The zero-order chi connectivity index (χ0) is 13.9. The van der Waals surface area contributed by atoms with E-state index in [9.17, 15) is 13.2 Å². The second kappa shape index (κ2) is 5.69. The van der Waals surface area contributed by atoms with E-state index in [4.69, 9.17) is 0 Å². The summed E-state index contributed by atoms with van der Waals surface area (Å²) in [6.07, 6.45) is -2.67. The Hall–Kier alpha value is -1.43. The summed E-state index contributed by atoms with van der Waals surface area (Å²) in [5.74, 6) is -0.133. The summed E-state index contributed by atoms with van der Waals surface area (Å²) in [7, 11) is 1.87. The number of ether oxygens (including phenoxy) is 1. The largest absolute Gasteiger partial charge is 0.573 e. The van der Waals surface area contributed by atoms with Gasteiger partial charge in [-0.3, -0.25) is 0 Å². The zero-order valence-electron chi connectivity index (χ0n) is 10.7. The number of piperidine rings is 1. The van der Waals surface area contributed by atoms with Crippen LogP contribution >= 0.6 is 0 Å². The number of hydrogen-bond donors (Lipinski definition) is 1. The van der Waals surface area contributed by atoms with Gasteiger partial charge < -0.3 is 15.0 Å². The fraction of sp³-hybridized carbons (Fsp3) is 0.538. The maximum atomic E-state index is 12.4. The zero-order valence-corrected chi connectivity index (χ0v) is 10.7. The topological polar surface area (TPSA) is 24.5 Å². The molecule has 1 heterocycles. The van der Waals surface area contributed by atoms with Crippen LogP contribution in [-0.4, -0.2) is 32.5 Å². The van der Waals surface area contributed by atoms with Gasteiger partial charge >= 0.3 is 6.36 Å². The third-order valence-electron chi connectivity index (χ3n) is 3.26. The maximum absolute atomic E-state index is 12.4. The van der Waals surface area contributed by atoms with Gasteiger partial charge in [0, 0.05) is 19.1 Å². The third-order valence-corrected chi connectivity index (χ3v) is 3.26. The minimum absolute atomic E-state index is 0.133. The molecule has 0 aliphatic carbocycles. The molecule has 1 aliphatic rings. The highest BCUT2D eigenvalue weighted by atomic mass is 19.4. The van der Waals surface area contributed by atoms with Crippen LogP contribution in [-0.2, 0) is 0 Å². The molecule has 19 heavy (non-hydrogen) atoms. The van der Waals surface area contributed by atoms with Crippen LogP contribution < -0.4 is 15.0 Å². The molecule has 3 nitrogen and oxygen atoms in total. The highest BCUT2D eigenvalue weighted by molar-refractivity contribution is 5.58. The Bertz CT molecular complexity index is 423. The predicted molar refractivity (Wildman–Crippen MR) is 67.4 cm³/mol. The number of para-hydroxylation sites is 2. The van der Waals surface area contributed by atoms with Gasteiger partial charge in [0.1, 0.15) is 0 Å². The Morgan fingerprint density at radius 3 is 2.74 bits per heavy atom. The van der Waals surface area contributed by atoms with Crippen molar-refractivity contribution < 1.29 is 17.9 Å². The molecule has 1 unspecified atom stereocenters. The summed E-state index contributed by atoms with van der Waals surface area (Å²) in [4.78, 5) is 1.94. The van der Waals surface area contributed by atoms with Gasteiger partial charge in [-0.25, -0.2) is 0 Å². The monoisotopic (exact) mass is 274 g/mol. The first-order valence-electron chi connectivity index (χ1n) is 6.26. The third kappa shape index (κ3) is 3.76. The molecule has 1 aromatic carbocycles. The number of halogens is 3. The Morgan fingerprint density at radius 2 is 2.05 bits per heavy atom. The van der Waals surface area contributed by atoms with E-state index in [1.807, 2.05) is 11.9 Å². The Kier molecular flexibility index (Phi) is 4.19. The number of likely N-dealkylation sites (N-methyl/N-ethyl adjacent to an activating group) is 1. The quantitative estimate of drug-likeness (QED) is 0.917. The van der Waals surface area contributed by atoms with E-state index in [0.717, 1.165) is 19.4 Å². The molecule has 1 N–H and O–H groups in total. The van der Waals surface area contributed by atoms with Crippen LogP contribution in [0.2, 0.25) is 0 Å². The number of nitrogens with zero attached hydrogens (tertiary/aromatic N) is 1. The van der Waals surface area contributed by atoms with Crippen LogP contribution in [0.4, 0.5) is 18.9 Å². The average molecular weight is 274 g/mol. The molecule has 0 amide bonds. The predicted octanol–water partition coefficient (Wildman–Crippen LogP) is 2.77. The SMILES string of the molecule is CNC1CCCN(c2ccccc2OC(F)(F)F)C1. The van der Waals surface area contributed by atoms with Crippen molar-refractivity contribution in [2.24, 2.45) is 0 Å². The van der Waals surface area contributed by atoms with E-state index in [2.05, 4.69) is 10.1 Å². The van der Waals surface area contributed by atoms with E-state index < -0.39 is 6.36 Å². The van der Waals surface area contributed by atoms with E-state index in [0.29, 0.717) is 18.3 Å². The Morgan fingerprint density at radius 1 is 1.32 bits per heavy atom. The van der Waals surface area contributed by atoms with Crippen molar-refractivity contribution in [2.75, 3.05) is 25.0 Å². The molecule has 106 valence electrons. The lowest BCUT2D eigenvalue weighted by Crippen LogP contribution is -2.44. The van der Waals surface area contributed by atoms with E-state index >= 15 is 0 Å². The highest BCUT2D eigenvalue weighted by Gasteiger charge is 2.33. The van der Waals surface area contributed by atoms with Crippen molar-refractivity contribution in [3.8, 4) is 5.75 Å². The molecular weight excluding hydrogens is 257 g/mol. The molecule has 0 bridgehead atoms. The first kappa shape index (κ1) is 14.0. The van der Waals surface area contributed by atoms with Gasteiger partial charge in [-0.15, -0.1) is 13.2 Å². The smallest absolute Gasteiger partial charge is 0.404 e. The molecule has 0 saturated carbocycles. The maximum Gasteiger partial charge on any atom is 0.573 e. The molecule has 1 aromatic rings. The minimum atomic E-state index is -4.66. The first-order valence-corrected chi connectivity index (χ1v) is 6.26. The van der Waals surface area contributed by atoms with E-state index in [1.54, 1.807) is 18.2 Å². The summed E-state index contributed by atoms with van der Waals surface area (Å²) in [6, 6.07) is 6.59. The van der Waals surface area contributed by atoms with E-state index in [-0.39, 0.29) is 5.75 Å². The second-order valence-electron chi connectivity index (χ2n) is 4.59. The van der Waals surface area contributed by atoms with Gasteiger partial charge in [0.25, 0.3) is 0 Å². The lowest BCUT2D eigenvalue weighted by Gasteiger charge is -2.35. The molecular formula is C13H17F3N2O. The number of nitrogens with one attached hydrogen (secondary N) is 1. The van der Waals surface area contributed by atoms with Crippen LogP contribution in [0, 0.1) is 0 Å². The lowest BCUT2D eigenvalue weighted by atomic mass is 10.0. The molecule has 1 aliphatic heterocycles. The van der Waals surface area contributed by atoms with Gasteiger partial charge in [0.2, 0.25) is 0 Å². The number of rotatable bonds is 3. The van der Waals surface area contributed by atoms with Gasteiger partial charge in [-0.05, 0) is 32.0 Å². The molecule has 0 spiro atoms. The van der Waals surface area contributed by atoms with Gasteiger partial charge in [0.15, 0.2) is 5.75 Å². The van der Waals surface area contributed by atoms with Crippen molar-refractivity contribution in [3.63, 3.8) is 0 Å². The number of alkyl halides is 3. The number of benzene rings is 1. The molecule has 0 aromatic heterocycles. The Balaban J connectivity index is 2.19. The lowest BCUT2D eigenvalue weighted by molar-refractivity contribution is -0.274. The molecule has 2 rings (SSSR count). The van der Waals surface area contributed by atoms with Gasteiger partial charge in [-0.2, -0.15) is 0 Å². The van der Waals surface area contributed by atoms with Crippen LogP contribution in [0.5, 0.6) is 5.75 Å². The average Bonchev–Trinajstić information content (AvgIpc) is 2.37. The van der Waals surface area contributed by atoms with Crippen molar-refractivity contribution in [1.82, 2.24) is 5.32 Å². The molecule has 6 heteroatoms. The van der Waals surface area contributed by atoms with Crippen LogP contribution in [0.15, 0.2) is 24.3 Å². The molecule has 1 saturated heterocycles. The van der Waals surface area contributed by atoms with Gasteiger partial charge in [0.05, 0.1) is 5.69 Å². The van der Waals surface area contributed by atoms with Crippen LogP contribution in [0.25, 0.3) is 0 Å². The van der Waals surface area contributed by atoms with Crippen LogP contribution in [0.1, 0.15) is 12.8 Å². The normalized spacial score (nSPS) is 20.4. The summed E-state index contributed by atoms with van der Waals surface area (Å²) < 4.78 is 41.2. The van der Waals surface area contributed by atoms with Gasteiger partial charge in [-0.1, -0.05) is 12.1 Å². The summed E-state index contributed by atoms with van der Waals surface area (Å²) >= 11 is 0. The molecule has 1 atom stereocenters. The number of hydrogen-bond acceptors (Lipinski definition) is 3. The standard InChI is InChI=1S/C13H17F3N2O/c1-17-10-5-4-8-18(9-10)11-6-2-3-7-12(11)19-13(14,15)16/h2-3,6-7,10,17H,4-5,8-9H2,1H3.